The van der Waals surface area contributed by atoms with Crippen molar-refractivity contribution in [2.75, 3.05) is 0 Å². The minimum atomic E-state index is 0.824. The fourth-order valence-corrected chi connectivity index (χ4v) is 1.65. The van der Waals surface area contributed by atoms with Gasteiger partial charge in [-0.15, -0.1) is 0 Å². The van der Waals surface area contributed by atoms with Crippen LogP contribution in [-0.4, -0.2) is 14.5 Å². The number of imidazole rings is 1. The van der Waals surface area contributed by atoms with E-state index in [1.807, 2.05) is 29.8 Å². The average Bonchev–Trinajstić information content (AvgIpc) is 2.66. The summed E-state index contributed by atoms with van der Waals surface area (Å²) < 4.78 is 1.96. The second kappa shape index (κ2) is 4.14. The van der Waals surface area contributed by atoms with Crippen molar-refractivity contribution < 1.29 is 0 Å². The zero-order chi connectivity index (χ0) is 11.5. The Morgan fingerprint density at radius 1 is 1.25 bits per heavy atom. The monoisotopic (exact) mass is 211 g/mol. The molecule has 0 spiro atoms. The summed E-state index contributed by atoms with van der Waals surface area (Å²) in [6.45, 7) is 7.52. The third-order valence-corrected chi connectivity index (χ3v) is 2.45. The summed E-state index contributed by atoms with van der Waals surface area (Å²) in [6, 6.07) is 5.76. The standard InChI is InChI=1S/C13H13N3/c1-4-10-12(5-2)16(3)13(15-10)11-8-6-7-9-14-11/h4-9H,1-2H2,3H3. The first kappa shape index (κ1) is 10.4. The van der Waals surface area contributed by atoms with Crippen molar-refractivity contribution in [1.29, 1.82) is 0 Å². The van der Waals surface area contributed by atoms with Crippen LogP contribution < -0.4 is 0 Å². The molecule has 0 amide bonds. The Bertz CT molecular complexity index is 524. The second-order valence-corrected chi connectivity index (χ2v) is 3.39. The molecule has 0 bridgehead atoms. The van der Waals surface area contributed by atoms with Crippen LogP contribution >= 0.6 is 0 Å². The molecule has 3 heteroatoms. The lowest BCUT2D eigenvalue weighted by Crippen LogP contribution is -1.96. The van der Waals surface area contributed by atoms with Crippen molar-refractivity contribution in [3.63, 3.8) is 0 Å². The largest absolute Gasteiger partial charge is 0.326 e. The van der Waals surface area contributed by atoms with Gasteiger partial charge < -0.3 is 4.57 Å². The maximum absolute atomic E-state index is 4.48. The zero-order valence-electron chi connectivity index (χ0n) is 9.22. The van der Waals surface area contributed by atoms with E-state index >= 15 is 0 Å². The van der Waals surface area contributed by atoms with Gasteiger partial charge in [-0.05, 0) is 24.3 Å². The van der Waals surface area contributed by atoms with Crippen molar-refractivity contribution in [1.82, 2.24) is 14.5 Å². The first-order chi connectivity index (χ1) is 7.77. The molecule has 0 fully saturated rings. The van der Waals surface area contributed by atoms with Crippen LogP contribution in [0.3, 0.4) is 0 Å². The third-order valence-electron chi connectivity index (χ3n) is 2.45. The van der Waals surface area contributed by atoms with E-state index in [-0.39, 0.29) is 0 Å². The Balaban J connectivity index is 2.63. The van der Waals surface area contributed by atoms with Crippen molar-refractivity contribution in [3.8, 4) is 11.5 Å². The number of hydrogen-bond donors (Lipinski definition) is 0. The molecule has 80 valence electrons. The minimum Gasteiger partial charge on any atom is -0.326 e. The minimum absolute atomic E-state index is 0.824. The summed E-state index contributed by atoms with van der Waals surface area (Å²) >= 11 is 0. The van der Waals surface area contributed by atoms with Crippen molar-refractivity contribution >= 4 is 12.2 Å². The molecule has 0 atom stereocenters. The Kier molecular flexibility index (Phi) is 2.68. The summed E-state index contributed by atoms with van der Waals surface area (Å²) in [5.74, 6) is 0.824. The van der Waals surface area contributed by atoms with E-state index in [0.29, 0.717) is 0 Å². The summed E-state index contributed by atoms with van der Waals surface area (Å²) in [5, 5.41) is 0. The molecule has 2 rings (SSSR count). The molecule has 0 saturated heterocycles. The lowest BCUT2D eigenvalue weighted by atomic mass is 10.3. The van der Waals surface area contributed by atoms with Gasteiger partial charge in [0.1, 0.15) is 5.69 Å². The lowest BCUT2D eigenvalue weighted by Gasteiger charge is -2.01. The molecule has 0 unspecified atom stereocenters. The first-order valence-corrected chi connectivity index (χ1v) is 5.01. The molecule has 3 nitrogen and oxygen atoms in total. The van der Waals surface area contributed by atoms with Crippen LogP contribution in [0.4, 0.5) is 0 Å². The van der Waals surface area contributed by atoms with Crippen LogP contribution in [0.1, 0.15) is 11.4 Å². The molecule has 0 aliphatic heterocycles. The number of rotatable bonds is 3. The summed E-state index contributed by atoms with van der Waals surface area (Å²) in [7, 11) is 1.95. The highest BCUT2D eigenvalue weighted by Gasteiger charge is 2.11. The van der Waals surface area contributed by atoms with E-state index in [1.54, 1.807) is 18.3 Å². The fraction of sp³-hybridized carbons (Fsp3) is 0.0769. The highest BCUT2D eigenvalue weighted by Crippen LogP contribution is 2.20. The normalized spacial score (nSPS) is 10.1. The molecule has 0 saturated carbocycles. The van der Waals surface area contributed by atoms with Gasteiger partial charge in [0.05, 0.1) is 11.4 Å². The van der Waals surface area contributed by atoms with Crippen molar-refractivity contribution in [2.45, 2.75) is 0 Å². The SMILES string of the molecule is C=Cc1nc(-c2ccccn2)n(C)c1C=C. The quantitative estimate of drug-likeness (QED) is 0.781. The summed E-state index contributed by atoms with van der Waals surface area (Å²) in [5.41, 5.74) is 2.63. The predicted molar refractivity (Wildman–Crippen MR) is 66.6 cm³/mol. The van der Waals surface area contributed by atoms with E-state index < -0.39 is 0 Å². The Morgan fingerprint density at radius 2 is 2.06 bits per heavy atom. The highest BCUT2D eigenvalue weighted by atomic mass is 15.1. The van der Waals surface area contributed by atoms with E-state index in [2.05, 4.69) is 23.1 Å². The molecular weight excluding hydrogens is 198 g/mol. The van der Waals surface area contributed by atoms with Crippen LogP contribution in [0.15, 0.2) is 37.6 Å². The molecule has 16 heavy (non-hydrogen) atoms. The lowest BCUT2D eigenvalue weighted by molar-refractivity contribution is 0.907. The maximum Gasteiger partial charge on any atom is 0.159 e. The molecule has 2 aromatic rings. The molecule has 0 aliphatic rings. The highest BCUT2D eigenvalue weighted by molar-refractivity contribution is 5.64. The number of hydrogen-bond acceptors (Lipinski definition) is 2. The van der Waals surface area contributed by atoms with Crippen molar-refractivity contribution in [3.05, 3.63) is 48.9 Å². The van der Waals surface area contributed by atoms with Gasteiger partial charge in [-0.25, -0.2) is 4.98 Å². The Morgan fingerprint density at radius 3 is 2.56 bits per heavy atom. The van der Waals surface area contributed by atoms with Crippen LogP contribution in [0.2, 0.25) is 0 Å². The summed E-state index contributed by atoms with van der Waals surface area (Å²) in [4.78, 5) is 8.76. The number of pyridine rings is 1. The van der Waals surface area contributed by atoms with Gasteiger partial charge in [-0.2, -0.15) is 0 Å². The molecule has 0 aliphatic carbocycles. The average molecular weight is 211 g/mol. The molecular formula is C13H13N3. The van der Waals surface area contributed by atoms with E-state index in [9.17, 15) is 0 Å². The maximum atomic E-state index is 4.48. The number of aromatic nitrogens is 3. The van der Waals surface area contributed by atoms with Gasteiger partial charge in [-0.1, -0.05) is 19.2 Å². The van der Waals surface area contributed by atoms with Crippen LogP contribution in [0.5, 0.6) is 0 Å². The molecule has 2 heterocycles. The smallest absolute Gasteiger partial charge is 0.159 e. The van der Waals surface area contributed by atoms with E-state index in [0.717, 1.165) is 22.9 Å². The Hall–Kier alpha value is -2.16. The molecule has 0 aromatic carbocycles. The van der Waals surface area contributed by atoms with Crippen LogP contribution in [-0.2, 0) is 7.05 Å². The zero-order valence-corrected chi connectivity index (χ0v) is 9.22. The van der Waals surface area contributed by atoms with Crippen LogP contribution in [0.25, 0.3) is 23.7 Å². The molecule has 0 radical (unpaired) electrons. The van der Waals surface area contributed by atoms with E-state index in [1.165, 1.54) is 0 Å². The molecule has 0 N–H and O–H groups in total. The fourth-order valence-electron chi connectivity index (χ4n) is 1.65. The topological polar surface area (TPSA) is 30.7 Å². The number of nitrogens with zero attached hydrogens (tertiary/aromatic N) is 3. The van der Waals surface area contributed by atoms with Gasteiger partial charge in [0, 0.05) is 13.2 Å². The van der Waals surface area contributed by atoms with Gasteiger partial charge >= 0.3 is 0 Å². The van der Waals surface area contributed by atoms with Gasteiger partial charge in [-0.3, -0.25) is 4.98 Å². The van der Waals surface area contributed by atoms with Crippen molar-refractivity contribution in [2.24, 2.45) is 7.05 Å². The molecule has 2 aromatic heterocycles. The predicted octanol–water partition coefficient (Wildman–Crippen LogP) is 2.77. The van der Waals surface area contributed by atoms with Gasteiger partial charge in [0.25, 0.3) is 0 Å². The summed E-state index contributed by atoms with van der Waals surface area (Å²) in [6.07, 6.45) is 5.26. The van der Waals surface area contributed by atoms with Gasteiger partial charge in [0.15, 0.2) is 5.82 Å². The Labute approximate surface area is 94.8 Å². The van der Waals surface area contributed by atoms with Crippen LogP contribution in [0, 0.1) is 0 Å². The van der Waals surface area contributed by atoms with E-state index in [4.69, 9.17) is 0 Å². The second-order valence-electron chi connectivity index (χ2n) is 3.39. The third kappa shape index (κ3) is 1.56. The van der Waals surface area contributed by atoms with Gasteiger partial charge in [0.2, 0.25) is 0 Å². The first-order valence-electron chi connectivity index (χ1n) is 5.01.